The summed E-state index contributed by atoms with van der Waals surface area (Å²) in [4.78, 5) is 23.8. The van der Waals surface area contributed by atoms with Gasteiger partial charge in [-0.05, 0) is 24.3 Å². The summed E-state index contributed by atoms with van der Waals surface area (Å²) in [6.45, 7) is -0.478. The molecule has 2 aromatic carbocycles. The third kappa shape index (κ3) is 4.76. The zero-order chi connectivity index (χ0) is 19.1. The van der Waals surface area contributed by atoms with Gasteiger partial charge in [0, 0.05) is 5.56 Å². The van der Waals surface area contributed by atoms with E-state index < -0.39 is 24.2 Å². The van der Waals surface area contributed by atoms with E-state index in [0.717, 1.165) is 0 Å². The summed E-state index contributed by atoms with van der Waals surface area (Å²) < 4.78 is 28.6. The number of amides is 2. The molecule has 7 nitrogen and oxygen atoms in total. The van der Waals surface area contributed by atoms with Gasteiger partial charge in [0.15, 0.2) is 29.7 Å². The molecule has 0 aliphatic carbocycles. The molecule has 2 rings (SSSR count). The van der Waals surface area contributed by atoms with Crippen molar-refractivity contribution in [3.8, 4) is 17.2 Å². The molecule has 138 valence electrons. The summed E-state index contributed by atoms with van der Waals surface area (Å²) in [5.74, 6) is -1.42. The number of benzene rings is 2. The number of ether oxygens (including phenoxy) is 3. The zero-order valence-corrected chi connectivity index (χ0v) is 14.7. The van der Waals surface area contributed by atoms with Crippen LogP contribution in [0.25, 0.3) is 0 Å². The van der Waals surface area contributed by atoms with Gasteiger partial charge in [-0.15, -0.1) is 0 Å². The van der Waals surface area contributed by atoms with Gasteiger partial charge in [-0.25, -0.2) is 4.39 Å². The fraction of sp³-hybridized carbons (Fsp3) is 0.176. The van der Waals surface area contributed by atoms with Gasteiger partial charge in [0.1, 0.15) is 0 Å². The number of nitrogens with one attached hydrogen (secondary N) is 2. The molecule has 2 aromatic rings. The van der Waals surface area contributed by atoms with E-state index in [1.54, 1.807) is 6.07 Å². The molecule has 0 spiro atoms. The quantitative estimate of drug-likeness (QED) is 0.749. The third-order valence-corrected chi connectivity index (χ3v) is 3.49. The second kappa shape index (κ2) is 8.91. The van der Waals surface area contributed by atoms with E-state index in [1.807, 2.05) is 0 Å². The van der Waals surface area contributed by atoms with Crippen molar-refractivity contribution < 1.29 is 28.2 Å². The standard InChI is InChI=1S/C17H16ClFN2O5/c1-24-14-8-10(7-11(18)16(14)25-2)17(23)21-20-15(22)9-26-13-6-4-3-5-12(13)19/h3-8H,9H2,1-2H3,(H,20,22)(H,21,23). The van der Waals surface area contributed by atoms with E-state index in [4.69, 9.17) is 25.8 Å². The summed E-state index contributed by atoms with van der Waals surface area (Å²) in [5, 5.41) is 0.172. The van der Waals surface area contributed by atoms with Crippen LogP contribution in [0.1, 0.15) is 10.4 Å². The second-order valence-corrected chi connectivity index (χ2v) is 5.32. The topological polar surface area (TPSA) is 85.9 Å². The maximum absolute atomic E-state index is 13.4. The Kier molecular flexibility index (Phi) is 6.62. The highest BCUT2D eigenvalue weighted by Gasteiger charge is 2.16. The fourth-order valence-corrected chi connectivity index (χ4v) is 2.28. The molecule has 0 saturated carbocycles. The van der Waals surface area contributed by atoms with Crippen molar-refractivity contribution in [3.05, 3.63) is 52.8 Å². The average molecular weight is 383 g/mol. The number of hydrogen-bond acceptors (Lipinski definition) is 5. The van der Waals surface area contributed by atoms with Crippen molar-refractivity contribution >= 4 is 23.4 Å². The Bertz CT molecular complexity index is 816. The number of rotatable bonds is 6. The van der Waals surface area contributed by atoms with E-state index in [0.29, 0.717) is 0 Å². The number of hydrogen-bond donors (Lipinski definition) is 2. The predicted octanol–water partition coefficient (Wildman–Crippen LogP) is 2.34. The Morgan fingerprint density at radius 3 is 2.46 bits per heavy atom. The van der Waals surface area contributed by atoms with Gasteiger partial charge in [-0.1, -0.05) is 23.7 Å². The zero-order valence-electron chi connectivity index (χ0n) is 14.0. The van der Waals surface area contributed by atoms with Crippen LogP contribution in [-0.2, 0) is 4.79 Å². The second-order valence-electron chi connectivity index (χ2n) is 4.91. The van der Waals surface area contributed by atoms with Crippen molar-refractivity contribution in [2.45, 2.75) is 0 Å². The first-order valence-electron chi connectivity index (χ1n) is 7.34. The van der Waals surface area contributed by atoms with Crippen molar-refractivity contribution in [1.82, 2.24) is 10.9 Å². The van der Waals surface area contributed by atoms with E-state index in [9.17, 15) is 14.0 Å². The lowest BCUT2D eigenvalue weighted by atomic mass is 10.2. The van der Waals surface area contributed by atoms with Gasteiger partial charge in [0.2, 0.25) is 0 Å². The van der Waals surface area contributed by atoms with Crippen molar-refractivity contribution in [2.75, 3.05) is 20.8 Å². The van der Waals surface area contributed by atoms with Crippen LogP contribution in [0, 0.1) is 5.82 Å². The summed E-state index contributed by atoms with van der Waals surface area (Å²) in [7, 11) is 2.82. The molecule has 0 aliphatic heterocycles. The van der Waals surface area contributed by atoms with Crippen molar-refractivity contribution in [3.63, 3.8) is 0 Å². The molecule has 9 heteroatoms. The normalized spacial score (nSPS) is 10.0. The fourth-order valence-electron chi connectivity index (χ4n) is 1.99. The number of carbonyl (C=O) groups excluding carboxylic acids is 2. The Morgan fingerprint density at radius 2 is 1.81 bits per heavy atom. The first-order chi connectivity index (χ1) is 12.5. The molecule has 0 atom stereocenters. The molecule has 0 fully saturated rings. The minimum Gasteiger partial charge on any atom is -0.493 e. The van der Waals surface area contributed by atoms with E-state index >= 15 is 0 Å². The van der Waals surface area contributed by atoms with Gasteiger partial charge in [0.05, 0.1) is 19.2 Å². The Labute approximate surface area is 154 Å². The summed E-state index contributed by atoms with van der Waals surface area (Å²) in [5.41, 5.74) is 4.50. The van der Waals surface area contributed by atoms with Crippen molar-refractivity contribution in [2.24, 2.45) is 0 Å². The molecule has 0 unspecified atom stereocenters. The van der Waals surface area contributed by atoms with Crippen LogP contribution in [0.2, 0.25) is 5.02 Å². The lowest BCUT2D eigenvalue weighted by molar-refractivity contribution is -0.123. The summed E-state index contributed by atoms with van der Waals surface area (Å²) in [6, 6.07) is 8.42. The Morgan fingerprint density at radius 1 is 1.08 bits per heavy atom. The largest absolute Gasteiger partial charge is 0.493 e. The molecule has 0 radical (unpaired) electrons. The van der Waals surface area contributed by atoms with Crippen LogP contribution in [0.3, 0.4) is 0 Å². The molecule has 0 saturated heterocycles. The van der Waals surface area contributed by atoms with Crippen LogP contribution in [-0.4, -0.2) is 32.6 Å². The molecular formula is C17H16ClFN2O5. The number of carbonyl (C=O) groups is 2. The molecule has 0 heterocycles. The first kappa shape index (κ1) is 19.3. The first-order valence-corrected chi connectivity index (χ1v) is 7.72. The summed E-state index contributed by atoms with van der Waals surface area (Å²) >= 11 is 6.02. The van der Waals surface area contributed by atoms with Crippen LogP contribution < -0.4 is 25.1 Å². The number of para-hydroxylation sites is 1. The van der Waals surface area contributed by atoms with Gasteiger partial charge >= 0.3 is 0 Å². The Hall–Kier alpha value is -3.00. The maximum Gasteiger partial charge on any atom is 0.276 e. The lowest BCUT2D eigenvalue weighted by Crippen LogP contribution is -2.43. The van der Waals surface area contributed by atoms with Crippen LogP contribution in [0.5, 0.6) is 17.2 Å². The molecular weight excluding hydrogens is 367 g/mol. The van der Waals surface area contributed by atoms with E-state index in [2.05, 4.69) is 10.9 Å². The molecule has 2 N–H and O–H groups in total. The van der Waals surface area contributed by atoms with E-state index in [-0.39, 0.29) is 27.8 Å². The monoisotopic (exact) mass is 382 g/mol. The molecule has 26 heavy (non-hydrogen) atoms. The minimum atomic E-state index is -0.673. The highest BCUT2D eigenvalue weighted by Crippen LogP contribution is 2.35. The minimum absolute atomic E-state index is 0.0688. The number of methoxy groups -OCH3 is 2. The Balaban J connectivity index is 1.93. The van der Waals surface area contributed by atoms with E-state index in [1.165, 1.54) is 44.6 Å². The molecule has 2 amide bonds. The highest BCUT2D eigenvalue weighted by atomic mass is 35.5. The van der Waals surface area contributed by atoms with Gasteiger partial charge in [-0.3, -0.25) is 20.4 Å². The van der Waals surface area contributed by atoms with Gasteiger partial charge in [-0.2, -0.15) is 0 Å². The van der Waals surface area contributed by atoms with Gasteiger partial charge in [0.25, 0.3) is 11.8 Å². The number of hydrazine groups is 1. The van der Waals surface area contributed by atoms with Crippen LogP contribution in [0.4, 0.5) is 4.39 Å². The van der Waals surface area contributed by atoms with Crippen molar-refractivity contribution in [1.29, 1.82) is 0 Å². The highest BCUT2D eigenvalue weighted by molar-refractivity contribution is 6.32. The van der Waals surface area contributed by atoms with Gasteiger partial charge < -0.3 is 14.2 Å². The number of halogens is 2. The molecule has 0 aliphatic rings. The average Bonchev–Trinajstić information content (AvgIpc) is 2.64. The predicted molar refractivity (Wildman–Crippen MR) is 92.1 cm³/mol. The van der Waals surface area contributed by atoms with Crippen LogP contribution in [0.15, 0.2) is 36.4 Å². The molecule has 0 aromatic heterocycles. The lowest BCUT2D eigenvalue weighted by Gasteiger charge is -2.12. The summed E-state index contributed by atoms with van der Waals surface area (Å²) in [6.07, 6.45) is 0. The smallest absolute Gasteiger partial charge is 0.276 e. The van der Waals surface area contributed by atoms with Crippen LogP contribution >= 0.6 is 11.6 Å². The SMILES string of the molecule is COc1cc(C(=O)NNC(=O)COc2ccccc2F)cc(Cl)c1OC. The third-order valence-electron chi connectivity index (χ3n) is 3.21. The maximum atomic E-state index is 13.4. The molecule has 0 bridgehead atoms.